The number of carbonyl (C=O) groups is 1. The van der Waals surface area contributed by atoms with Crippen molar-refractivity contribution in [2.75, 3.05) is 20.8 Å². The lowest BCUT2D eigenvalue weighted by Gasteiger charge is -2.08. The summed E-state index contributed by atoms with van der Waals surface area (Å²) in [7, 11) is 3.13. The Hall–Kier alpha value is -3.80. The quantitative estimate of drug-likeness (QED) is 0.468. The Balaban J connectivity index is 1.49. The van der Waals surface area contributed by atoms with E-state index in [0.29, 0.717) is 17.2 Å². The molecule has 0 bridgehead atoms. The average molecular weight is 390 g/mol. The summed E-state index contributed by atoms with van der Waals surface area (Å²) >= 11 is 0. The zero-order chi connectivity index (χ0) is 20.5. The van der Waals surface area contributed by atoms with Gasteiger partial charge in [-0.25, -0.2) is 5.43 Å². The van der Waals surface area contributed by atoms with Crippen LogP contribution in [-0.2, 0) is 4.79 Å². The number of nitrogens with one attached hydrogen (secondary N) is 1. The summed E-state index contributed by atoms with van der Waals surface area (Å²) in [5.74, 6) is 1.47. The summed E-state index contributed by atoms with van der Waals surface area (Å²) in [6.45, 7) is -0.131. The van der Waals surface area contributed by atoms with Gasteiger partial charge in [-0.3, -0.25) is 4.79 Å². The van der Waals surface area contributed by atoms with E-state index in [1.54, 1.807) is 26.4 Å². The molecule has 0 aliphatic carbocycles. The molecule has 0 aliphatic rings. The maximum atomic E-state index is 11.9. The van der Waals surface area contributed by atoms with Gasteiger partial charge in [0.2, 0.25) is 0 Å². The van der Waals surface area contributed by atoms with Crippen LogP contribution in [0.2, 0.25) is 0 Å². The van der Waals surface area contributed by atoms with E-state index < -0.39 is 0 Å². The van der Waals surface area contributed by atoms with Crippen LogP contribution in [-0.4, -0.2) is 32.9 Å². The first-order valence-electron chi connectivity index (χ1n) is 9.02. The largest absolute Gasteiger partial charge is 0.493 e. The molecular formula is C23H22N2O4. The number of nitrogens with zero attached hydrogens (tertiary/aromatic N) is 1. The third-order valence-electron chi connectivity index (χ3n) is 4.14. The molecule has 0 saturated heterocycles. The number of methoxy groups -OCH3 is 2. The van der Waals surface area contributed by atoms with Gasteiger partial charge in [0.25, 0.3) is 5.91 Å². The number of ether oxygens (including phenoxy) is 3. The first kappa shape index (κ1) is 19.9. The van der Waals surface area contributed by atoms with Gasteiger partial charge in [0, 0.05) is 0 Å². The van der Waals surface area contributed by atoms with Gasteiger partial charge in [-0.05, 0) is 47.0 Å². The Morgan fingerprint density at radius 1 is 0.897 bits per heavy atom. The predicted octanol–water partition coefficient (Wildman–Crippen LogP) is 3.90. The van der Waals surface area contributed by atoms with Gasteiger partial charge in [0.1, 0.15) is 5.75 Å². The minimum Gasteiger partial charge on any atom is -0.493 e. The standard InChI is InChI=1S/C23H22N2O4/c1-27-21-13-8-17(14-22(21)28-2)15-24-25-23(26)16-29-20-11-9-19(10-12-20)18-6-4-3-5-7-18/h3-15H,16H2,1-2H3,(H,25,26). The zero-order valence-corrected chi connectivity index (χ0v) is 16.3. The van der Waals surface area contributed by atoms with E-state index in [0.717, 1.165) is 16.7 Å². The number of hydrogen-bond acceptors (Lipinski definition) is 5. The van der Waals surface area contributed by atoms with Crippen molar-refractivity contribution in [3.8, 4) is 28.4 Å². The van der Waals surface area contributed by atoms with Crippen LogP contribution in [0.3, 0.4) is 0 Å². The highest BCUT2D eigenvalue weighted by Gasteiger charge is 2.04. The molecule has 6 heteroatoms. The Morgan fingerprint density at radius 2 is 1.59 bits per heavy atom. The highest BCUT2D eigenvalue weighted by molar-refractivity contribution is 5.83. The van der Waals surface area contributed by atoms with Crippen molar-refractivity contribution in [1.82, 2.24) is 5.43 Å². The third-order valence-corrected chi connectivity index (χ3v) is 4.14. The SMILES string of the molecule is COc1ccc(C=NNC(=O)COc2ccc(-c3ccccc3)cc2)cc1OC. The van der Waals surface area contributed by atoms with Crippen molar-refractivity contribution in [1.29, 1.82) is 0 Å². The van der Waals surface area contributed by atoms with E-state index in [9.17, 15) is 4.79 Å². The van der Waals surface area contributed by atoms with Crippen LogP contribution in [0.4, 0.5) is 0 Å². The average Bonchev–Trinajstić information content (AvgIpc) is 2.78. The second kappa shape index (κ2) is 9.94. The predicted molar refractivity (Wildman–Crippen MR) is 113 cm³/mol. The number of benzene rings is 3. The molecule has 6 nitrogen and oxygen atoms in total. The van der Waals surface area contributed by atoms with Crippen LogP contribution in [0.1, 0.15) is 5.56 Å². The van der Waals surface area contributed by atoms with Gasteiger partial charge in [0.05, 0.1) is 20.4 Å². The van der Waals surface area contributed by atoms with Gasteiger partial charge < -0.3 is 14.2 Å². The fraction of sp³-hybridized carbons (Fsp3) is 0.130. The van der Waals surface area contributed by atoms with Gasteiger partial charge >= 0.3 is 0 Å². The van der Waals surface area contributed by atoms with Crippen molar-refractivity contribution < 1.29 is 19.0 Å². The van der Waals surface area contributed by atoms with E-state index in [1.807, 2.05) is 60.7 Å². The molecule has 0 heterocycles. The summed E-state index contributed by atoms with van der Waals surface area (Å²) in [5.41, 5.74) is 5.41. The number of rotatable bonds is 8. The van der Waals surface area contributed by atoms with Crippen LogP contribution in [0, 0.1) is 0 Å². The first-order chi connectivity index (χ1) is 14.2. The smallest absolute Gasteiger partial charge is 0.277 e. The van der Waals surface area contributed by atoms with E-state index in [4.69, 9.17) is 14.2 Å². The molecule has 3 rings (SSSR count). The van der Waals surface area contributed by atoms with Gasteiger partial charge in [-0.2, -0.15) is 5.10 Å². The van der Waals surface area contributed by atoms with E-state index >= 15 is 0 Å². The molecular weight excluding hydrogens is 368 g/mol. The topological polar surface area (TPSA) is 69.2 Å². The second-order valence-corrected chi connectivity index (χ2v) is 6.09. The van der Waals surface area contributed by atoms with E-state index in [2.05, 4.69) is 10.5 Å². The molecule has 1 amide bonds. The molecule has 29 heavy (non-hydrogen) atoms. The summed E-state index contributed by atoms with van der Waals surface area (Å²) in [6.07, 6.45) is 1.52. The lowest BCUT2D eigenvalue weighted by atomic mass is 10.1. The molecule has 3 aromatic carbocycles. The van der Waals surface area contributed by atoms with Crippen molar-refractivity contribution in [3.05, 3.63) is 78.4 Å². The number of amides is 1. The fourth-order valence-electron chi connectivity index (χ4n) is 2.67. The lowest BCUT2D eigenvalue weighted by Crippen LogP contribution is -2.24. The number of hydrazone groups is 1. The van der Waals surface area contributed by atoms with Crippen LogP contribution in [0.25, 0.3) is 11.1 Å². The normalized spacial score (nSPS) is 10.6. The highest BCUT2D eigenvalue weighted by Crippen LogP contribution is 2.26. The molecule has 0 aliphatic heterocycles. The van der Waals surface area contributed by atoms with Gasteiger partial charge in [0.15, 0.2) is 18.1 Å². The Bertz CT molecular complexity index is 970. The van der Waals surface area contributed by atoms with Crippen LogP contribution < -0.4 is 19.6 Å². The molecule has 0 unspecified atom stereocenters. The first-order valence-corrected chi connectivity index (χ1v) is 9.02. The highest BCUT2D eigenvalue weighted by atomic mass is 16.5. The summed E-state index contributed by atoms with van der Waals surface area (Å²) in [5, 5.41) is 3.94. The lowest BCUT2D eigenvalue weighted by molar-refractivity contribution is -0.123. The van der Waals surface area contributed by atoms with Crippen molar-refractivity contribution in [2.45, 2.75) is 0 Å². The molecule has 0 spiro atoms. The maximum Gasteiger partial charge on any atom is 0.277 e. The van der Waals surface area contributed by atoms with E-state index in [1.165, 1.54) is 6.21 Å². The van der Waals surface area contributed by atoms with Crippen molar-refractivity contribution in [3.63, 3.8) is 0 Å². The number of carbonyl (C=O) groups excluding carboxylic acids is 1. The maximum absolute atomic E-state index is 11.9. The molecule has 0 atom stereocenters. The Labute approximate surface area is 169 Å². The molecule has 0 fully saturated rings. The Kier molecular flexibility index (Phi) is 6.84. The van der Waals surface area contributed by atoms with Crippen molar-refractivity contribution in [2.24, 2.45) is 5.10 Å². The molecule has 0 radical (unpaired) electrons. The second-order valence-electron chi connectivity index (χ2n) is 6.09. The summed E-state index contributed by atoms with van der Waals surface area (Å²) in [6, 6.07) is 23.0. The van der Waals surface area contributed by atoms with E-state index in [-0.39, 0.29) is 12.5 Å². The monoisotopic (exact) mass is 390 g/mol. The van der Waals surface area contributed by atoms with Gasteiger partial charge in [-0.1, -0.05) is 42.5 Å². The fourth-order valence-corrected chi connectivity index (χ4v) is 2.67. The zero-order valence-electron chi connectivity index (χ0n) is 16.3. The molecule has 3 aromatic rings. The minimum atomic E-state index is -0.353. The molecule has 0 saturated carbocycles. The molecule has 0 aromatic heterocycles. The van der Waals surface area contributed by atoms with Crippen LogP contribution in [0.15, 0.2) is 77.9 Å². The third kappa shape index (κ3) is 5.59. The Morgan fingerprint density at radius 3 is 2.28 bits per heavy atom. The molecule has 1 N–H and O–H groups in total. The number of hydrogen-bond donors (Lipinski definition) is 1. The summed E-state index contributed by atoms with van der Waals surface area (Å²) in [4.78, 5) is 11.9. The van der Waals surface area contributed by atoms with Gasteiger partial charge in [-0.15, -0.1) is 0 Å². The minimum absolute atomic E-state index is 0.131. The molecule has 148 valence electrons. The van der Waals surface area contributed by atoms with Crippen molar-refractivity contribution >= 4 is 12.1 Å². The summed E-state index contributed by atoms with van der Waals surface area (Å²) < 4.78 is 15.9. The van der Waals surface area contributed by atoms with Crippen LogP contribution in [0.5, 0.6) is 17.2 Å². The van der Waals surface area contributed by atoms with Crippen LogP contribution >= 0.6 is 0 Å².